The van der Waals surface area contributed by atoms with Gasteiger partial charge in [-0.1, -0.05) is 19.1 Å². The molecule has 0 saturated heterocycles. The van der Waals surface area contributed by atoms with Gasteiger partial charge < -0.3 is 10.2 Å². The average Bonchev–Trinajstić information content (AvgIpc) is 3.20. The van der Waals surface area contributed by atoms with Crippen LogP contribution in [0.15, 0.2) is 0 Å². The van der Waals surface area contributed by atoms with Crippen molar-refractivity contribution in [2.24, 2.45) is 11.8 Å². The molecule has 7 nitrogen and oxygen atoms in total. The van der Waals surface area contributed by atoms with Crippen molar-refractivity contribution < 1.29 is 19.8 Å². The zero-order chi connectivity index (χ0) is 18.1. The Morgan fingerprint density at radius 1 is 1.16 bits per heavy atom. The van der Waals surface area contributed by atoms with Crippen molar-refractivity contribution in [1.82, 2.24) is 15.0 Å². The Bertz CT molecular complexity index is 629. The predicted octanol–water partition coefficient (Wildman–Crippen LogP) is 3.19. The summed E-state index contributed by atoms with van der Waals surface area (Å²) >= 11 is 0. The van der Waals surface area contributed by atoms with E-state index >= 15 is 0 Å². The van der Waals surface area contributed by atoms with Crippen molar-refractivity contribution in [2.45, 2.75) is 76.7 Å². The van der Waals surface area contributed by atoms with Crippen LogP contribution >= 0.6 is 0 Å². The molecule has 0 bridgehead atoms. The van der Waals surface area contributed by atoms with Crippen LogP contribution in [-0.4, -0.2) is 37.1 Å². The molecular formula is C18H27N3O4. The molecule has 7 heteroatoms. The standard InChI is InChI=1S/C18H27N3O4/c1-10(2)5-11-6-14(7-11)21-18(12-3-4-12)17(19-20-21)13(8-15(22)23)9-16(24)25/h10-14H,3-9H2,1-2H3,(H,22,23)(H,24,25). The predicted molar refractivity (Wildman–Crippen MR) is 90.5 cm³/mol. The van der Waals surface area contributed by atoms with E-state index in [0.717, 1.165) is 37.3 Å². The van der Waals surface area contributed by atoms with Gasteiger partial charge in [-0.05, 0) is 43.9 Å². The fourth-order valence-corrected chi connectivity index (χ4v) is 4.07. The van der Waals surface area contributed by atoms with E-state index in [-0.39, 0.29) is 12.8 Å². The normalized spacial score (nSPS) is 23.0. The van der Waals surface area contributed by atoms with Crippen LogP contribution in [0.25, 0.3) is 0 Å². The highest BCUT2D eigenvalue weighted by atomic mass is 16.4. The van der Waals surface area contributed by atoms with Gasteiger partial charge >= 0.3 is 11.9 Å². The maximum Gasteiger partial charge on any atom is 0.304 e. The number of rotatable bonds is 9. The highest BCUT2D eigenvalue weighted by molar-refractivity contribution is 5.72. The third kappa shape index (κ3) is 4.19. The number of aromatic nitrogens is 3. The monoisotopic (exact) mass is 349 g/mol. The minimum Gasteiger partial charge on any atom is -0.481 e. The molecule has 0 atom stereocenters. The van der Waals surface area contributed by atoms with Gasteiger partial charge in [-0.2, -0.15) is 0 Å². The summed E-state index contributed by atoms with van der Waals surface area (Å²) in [5, 5.41) is 26.9. The first-order chi connectivity index (χ1) is 11.8. The molecule has 0 unspecified atom stereocenters. The van der Waals surface area contributed by atoms with Gasteiger partial charge in [-0.15, -0.1) is 5.10 Å². The molecule has 3 rings (SSSR count). The lowest BCUT2D eigenvalue weighted by atomic mass is 9.75. The fraction of sp³-hybridized carbons (Fsp3) is 0.778. The third-order valence-electron chi connectivity index (χ3n) is 5.31. The largest absolute Gasteiger partial charge is 0.481 e. The summed E-state index contributed by atoms with van der Waals surface area (Å²) < 4.78 is 1.99. The number of hydrogen-bond acceptors (Lipinski definition) is 4. The number of carboxylic acids is 2. The third-order valence-corrected chi connectivity index (χ3v) is 5.31. The zero-order valence-corrected chi connectivity index (χ0v) is 14.9. The van der Waals surface area contributed by atoms with Crippen molar-refractivity contribution in [2.75, 3.05) is 0 Å². The summed E-state index contributed by atoms with van der Waals surface area (Å²) in [7, 11) is 0. The summed E-state index contributed by atoms with van der Waals surface area (Å²) in [6.45, 7) is 4.47. The Morgan fingerprint density at radius 3 is 2.24 bits per heavy atom. The lowest BCUT2D eigenvalue weighted by molar-refractivity contribution is -0.139. The van der Waals surface area contributed by atoms with Crippen molar-refractivity contribution in [3.05, 3.63) is 11.4 Å². The summed E-state index contributed by atoms with van der Waals surface area (Å²) in [6, 6.07) is 0.330. The maximum absolute atomic E-state index is 11.2. The molecular weight excluding hydrogens is 322 g/mol. The molecule has 25 heavy (non-hydrogen) atoms. The topological polar surface area (TPSA) is 105 Å². The molecule has 0 aliphatic heterocycles. The summed E-state index contributed by atoms with van der Waals surface area (Å²) in [4.78, 5) is 22.3. The van der Waals surface area contributed by atoms with Gasteiger partial charge in [0, 0.05) is 11.8 Å². The number of aliphatic carboxylic acids is 2. The van der Waals surface area contributed by atoms with Crippen LogP contribution in [0, 0.1) is 11.8 Å². The first kappa shape index (κ1) is 17.9. The van der Waals surface area contributed by atoms with Gasteiger partial charge in [0.15, 0.2) is 0 Å². The smallest absolute Gasteiger partial charge is 0.304 e. The maximum atomic E-state index is 11.2. The van der Waals surface area contributed by atoms with Crippen molar-refractivity contribution in [1.29, 1.82) is 0 Å². The molecule has 2 aliphatic carbocycles. The van der Waals surface area contributed by atoms with Crippen LogP contribution in [0.1, 0.15) is 88.1 Å². The van der Waals surface area contributed by atoms with E-state index in [1.807, 2.05) is 4.68 Å². The summed E-state index contributed by atoms with van der Waals surface area (Å²) in [6.07, 6.45) is 5.06. The molecule has 1 heterocycles. The van der Waals surface area contributed by atoms with Gasteiger partial charge in [0.1, 0.15) is 0 Å². The van der Waals surface area contributed by atoms with E-state index in [9.17, 15) is 9.59 Å². The van der Waals surface area contributed by atoms with Gasteiger partial charge in [-0.25, -0.2) is 4.68 Å². The van der Waals surface area contributed by atoms with Crippen LogP contribution in [-0.2, 0) is 9.59 Å². The number of hydrogen-bond donors (Lipinski definition) is 2. The first-order valence-electron chi connectivity index (χ1n) is 9.23. The van der Waals surface area contributed by atoms with Crippen LogP contribution in [0.2, 0.25) is 0 Å². The molecule has 0 aromatic carbocycles. The lowest BCUT2D eigenvalue weighted by Crippen LogP contribution is -2.29. The highest BCUT2D eigenvalue weighted by Gasteiger charge is 2.40. The number of carboxylic acid groups (broad SMARTS) is 2. The summed E-state index contributed by atoms with van der Waals surface area (Å²) in [5.41, 5.74) is 1.60. The molecule has 0 radical (unpaired) electrons. The lowest BCUT2D eigenvalue weighted by Gasteiger charge is -2.37. The van der Waals surface area contributed by atoms with E-state index in [1.54, 1.807) is 0 Å². The zero-order valence-electron chi connectivity index (χ0n) is 14.9. The molecule has 0 amide bonds. The van der Waals surface area contributed by atoms with Crippen molar-refractivity contribution in [3.8, 4) is 0 Å². The minimum absolute atomic E-state index is 0.217. The number of carbonyl (C=O) groups is 2. The second-order valence-electron chi connectivity index (χ2n) is 8.09. The molecule has 1 aromatic rings. The van der Waals surface area contributed by atoms with E-state index in [1.165, 1.54) is 6.42 Å². The van der Waals surface area contributed by atoms with Gasteiger partial charge in [-0.3, -0.25) is 9.59 Å². The van der Waals surface area contributed by atoms with Crippen molar-refractivity contribution in [3.63, 3.8) is 0 Å². The second kappa shape index (κ2) is 7.14. The van der Waals surface area contributed by atoms with Crippen LogP contribution in [0.3, 0.4) is 0 Å². The molecule has 2 saturated carbocycles. The second-order valence-corrected chi connectivity index (χ2v) is 8.09. The van der Waals surface area contributed by atoms with Gasteiger partial charge in [0.2, 0.25) is 0 Å². The quantitative estimate of drug-likeness (QED) is 0.709. The highest BCUT2D eigenvalue weighted by Crippen LogP contribution is 2.48. The Morgan fingerprint density at radius 2 is 1.76 bits per heavy atom. The Kier molecular flexibility index (Phi) is 5.11. The Hall–Kier alpha value is -1.92. The Balaban J connectivity index is 1.80. The molecule has 2 aliphatic rings. The van der Waals surface area contributed by atoms with Crippen LogP contribution in [0.4, 0.5) is 0 Å². The molecule has 2 fully saturated rings. The van der Waals surface area contributed by atoms with E-state index in [4.69, 9.17) is 10.2 Å². The summed E-state index contributed by atoms with van der Waals surface area (Å²) in [5.74, 6) is -0.828. The molecule has 0 spiro atoms. The SMILES string of the molecule is CC(C)CC1CC(n2nnc(C(CC(=O)O)CC(=O)O)c2C2CC2)C1. The van der Waals surface area contributed by atoms with Crippen LogP contribution < -0.4 is 0 Å². The van der Waals surface area contributed by atoms with Gasteiger partial charge in [0.05, 0.1) is 30.3 Å². The Labute approximate surface area is 147 Å². The molecule has 138 valence electrons. The first-order valence-corrected chi connectivity index (χ1v) is 9.23. The van der Waals surface area contributed by atoms with Gasteiger partial charge in [0.25, 0.3) is 0 Å². The van der Waals surface area contributed by atoms with Crippen LogP contribution in [0.5, 0.6) is 0 Å². The van der Waals surface area contributed by atoms with E-state index in [2.05, 4.69) is 24.2 Å². The molecule has 2 N–H and O–H groups in total. The average molecular weight is 349 g/mol. The molecule has 1 aromatic heterocycles. The van der Waals surface area contributed by atoms with E-state index in [0.29, 0.717) is 23.6 Å². The number of nitrogens with zero attached hydrogens (tertiary/aromatic N) is 3. The van der Waals surface area contributed by atoms with E-state index < -0.39 is 17.9 Å². The fourth-order valence-electron chi connectivity index (χ4n) is 4.07. The minimum atomic E-state index is -0.997. The van der Waals surface area contributed by atoms with Crippen molar-refractivity contribution >= 4 is 11.9 Å².